The van der Waals surface area contributed by atoms with E-state index in [1.807, 2.05) is 6.08 Å². The first kappa shape index (κ1) is 14.6. The van der Waals surface area contributed by atoms with Crippen molar-refractivity contribution in [3.8, 4) is 11.5 Å². The van der Waals surface area contributed by atoms with E-state index >= 15 is 0 Å². The van der Waals surface area contributed by atoms with Crippen LogP contribution in [-0.4, -0.2) is 24.9 Å². The summed E-state index contributed by atoms with van der Waals surface area (Å²) in [6.07, 6.45) is 6.62. The highest BCUT2D eigenvalue weighted by Crippen LogP contribution is 2.36. The van der Waals surface area contributed by atoms with Gasteiger partial charge in [0, 0.05) is 17.5 Å². The van der Waals surface area contributed by atoms with Gasteiger partial charge in [-0.15, -0.1) is 0 Å². The van der Waals surface area contributed by atoms with Gasteiger partial charge in [0.2, 0.25) is 5.91 Å². The minimum atomic E-state index is -0.115. The zero-order valence-electron chi connectivity index (χ0n) is 12.6. The molecule has 0 radical (unpaired) electrons. The van der Waals surface area contributed by atoms with E-state index in [-0.39, 0.29) is 17.6 Å². The van der Waals surface area contributed by atoms with Crippen LogP contribution in [0.1, 0.15) is 36.5 Å². The van der Waals surface area contributed by atoms with Crippen LogP contribution in [0.15, 0.2) is 24.3 Å². The van der Waals surface area contributed by atoms with E-state index in [9.17, 15) is 9.59 Å². The lowest BCUT2D eigenvalue weighted by atomic mass is 9.93. The van der Waals surface area contributed by atoms with Crippen molar-refractivity contribution in [2.24, 2.45) is 5.92 Å². The van der Waals surface area contributed by atoms with Crippen molar-refractivity contribution in [2.75, 3.05) is 18.5 Å². The molecule has 1 aromatic carbocycles. The molecule has 1 heterocycles. The van der Waals surface area contributed by atoms with E-state index in [1.165, 1.54) is 6.92 Å². The molecule has 0 spiro atoms. The first-order valence-corrected chi connectivity index (χ1v) is 7.55. The van der Waals surface area contributed by atoms with E-state index < -0.39 is 0 Å². The average Bonchev–Trinajstić information content (AvgIpc) is 2.54. The number of hydrogen-bond donors (Lipinski definition) is 1. The van der Waals surface area contributed by atoms with Gasteiger partial charge in [-0.2, -0.15) is 0 Å². The van der Waals surface area contributed by atoms with Gasteiger partial charge in [0.05, 0.1) is 5.69 Å². The highest BCUT2D eigenvalue weighted by Gasteiger charge is 2.23. The molecule has 5 heteroatoms. The maximum atomic E-state index is 12.4. The number of amides is 1. The zero-order chi connectivity index (χ0) is 15.5. The molecule has 3 rings (SSSR count). The number of ether oxygens (including phenoxy) is 2. The fourth-order valence-corrected chi connectivity index (χ4v) is 2.75. The molecule has 0 aromatic heterocycles. The fourth-order valence-electron chi connectivity index (χ4n) is 2.75. The molecule has 5 nitrogen and oxygen atoms in total. The molecule has 1 N–H and O–H groups in total. The number of anilines is 1. The number of carbonyl (C=O) groups is 2. The molecule has 1 aliphatic heterocycles. The van der Waals surface area contributed by atoms with Gasteiger partial charge in [-0.25, -0.2) is 0 Å². The standard InChI is InChI=1S/C17H19NO4/c1-11(19)13-9-15-16(22-8-7-21-15)10-14(13)18-17(20)12-5-3-2-4-6-12/h2-3,9-10,12H,4-8H2,1H3,(H,18,20). The van der Waals surface area contributed by atoms with Crippen molar-refractivity contribution in [1.29, 1.82) is 0 Å². The molecule has 1 amide bonds. The van der Waals surface area contributed by atoms with E-state index in [0.717, 1.165) is 19.3 Å². The van der Waals surface area contributed by atoms with E-state index in [0.29, 0.717) is 36.0 Å². The van der Waals surface area contributed by atoms with Crippen molar-refractivity contribution in [2.45, 2.75) is 26.2 Å². The third kappa shape index (κ3) is 2.98. The molecule has 0 bridgehead atoms. The van der Waals surface area contributed by atoms with E-state index in [4.69, 9.17) is 9.47 Å². The summed E-state index contributed by atoms with van der Waals surface area (Å²) in [6, 6.07) is 3.33. The Morgan fingerprint density at radius 3 is 2.50 bits per heavy atom. The predicted octanol–water partition coefficient (Wildman–Crippen LogP) is 2.96. The molecular formula is C17H19NO4. The average molecular weight is 301 g/mol. The van der Waals surface area contributed by atoms with Crippen LogP contribution in [0.25, 0.3) is 0 Å². The summed E-state index contributed by atoms with van der Waals surface area (Å²) in [7, 11) is 0. The molecule has 2 aliphatic rings. The Labute approximate surface area is 129 Å². The Bertz CT molecular complexity index is 636. The maximum Gasteiger partial charge on any atom is 0.227 e. The van der Waals surface area contributed by atoms with Crippen molar-refractivity contribution < 1.29 is 19.1 Å². The minimum Gasteiger partial charge on any atom is -0.486 e. The number of fused-ring (bicyclic) bond motifs is 1. The Morgan fingerprint density at radius 2 is 1.86 bits per heavy atom. The predicted molar refractivity (Wildman–Crippen MR) is 82.5 cm³/mol. The number of carbonyl (C=O) groups excluding carboxylic acids is 2. The molecule has 0 saturated heterocycles. The Hall–Kier alpha value is -2.30. The van der Waals surface area contributed by atoms with Crippen LogP contribution in [0.3, 0.4) is 0 Å². The van der Waals surface area contributed by atoms with Crippen molar-refractivity contribution in [3.05, 3.63) is 29.8 Å². The van der Waals surface area contributed by atoms with Gasteiger partial charge in [0.1, 0.15) is 13.2 Å². The number of allylic oxidation sites excluding steroid dienone is 2. The van der Waals surface area contributed by atoms with E-state index in [1.54, 1.807) is 12.1 Å². The lowest BCUT2D eigenvalue weighted by Gasteiger charge is -2.22. The quantitative estimate of drug-likeness (QED) is 0.688. The first-order valence-electron chi connectivity index (χ1n) is 7.55. The molecule has 1 aliphatic carbocycles. The summed E-state index contributed by atoms with van der Waals surface area (Å²) >= 11 is 0. The molecule has 22 heavy (non-hydrogen) atoms. The molecule has 1 atom stereocenters. The third-order valence-corrected chi connectivity index (χ3v) is 3.96. The zero-order valence-corrected chi connectivity index (χ0v) is 12.6. The molecule has 1 aromatic rings. The summed E-state index contributed by atoms with van der Waals surface area (Å²) < 4.78 is 11.0. The molecule has 0 fully saturated rings. The van der Waals surface area contributed by atoms with Crippen LogP contribution in [-0.2, 0) is 4.79 Å². The minimum absolute atomic E-state index is 0.0435. The van der Waals surface area contributed by atoms with E-state index in [2.05, 4.69) is 11.4 Å². The maximum absolute atomic E-state index is 12.4. The Kier molecular flexibility index (Phi) is 4.13. The number of ketones is 1. The lowest BCUT2D eigenvalue weighted by molar-refractivity contribution is -0.120. The summed E-state index contributed by atoms with van der Waals surface area (Å²) in [6.45, 7) is 2.40. The molecule has 116 valence electrons. The van der Waals surface area contributed by atoms with Gasteiger partial charge in [0.15, 0.2) is 17.3 Å². The molecular weight excluding hydrogens is 282 g/mol. The largest absolute Gasteiger partial charge is 0.486 e. The second-order valence-corrected chi connectivity index (χ2v) is 5.57. The summed E-state index contributed by atoms with van der Waals surface area (Å²) in [4.78, 5) is 24.2. The summed E-state index contributed by atoms with van der Waals surface area (Å²) in [5.74, 6) is 0.905. The van der Waals surface area contributed by atoms with Crippen molar-refractivity contribution >= 4 is 17.4 Å². The number of Topliss-reactive ketones (excluding diaryl/α,β-unsaturated/α-hetero) is 1. The number of nitrogens with one attached hydrogen (secondary N) is 1. The van der Waals surface area contributed by atoms with Gasteiger partial charge in [-0.1, -0.05) is 12.2 Å². The second kappa shape index (κ2) is 6.22. The van der Waals surface area contributed by atoms with Gasteiger partial charge in [0.25, 0.3) is 0 Å². The normalized spacial score (nSPS) is 19.6. The highest BCUT2D eigenvalue weighted by atomic mass is 16.6. The SMILES string of the molecule is CC(=O)c1cc2c(cc1NC(=O)C1CC=CCC1)OCCO2. The number of hydrogen-bond acceptors (Lipinski definition) is 4. The summed E-state index contributed by atoms with van der Waals surface area (Å²) in [5, 5.41) is 2.88. The second-order valence-electron chi connectivity index (χ2n) is 5.57. The van der Waals surface area contributed by atoms with Crippen LogP contribution in [0.5, 0.6) is 11.5 Å². The molecule has 1 unspecified atom stereocenters. The van der Waals surface area contributed by atoms with Crippen molar-refractivity contribution in [3.63, 3.8) is 0 Å². The highest BCUT2D eigenvalue weighted by molar-refractivity contribution is 6.05. The van der Waals surface area contributed by atoms with Crippen LogP contribution in [0.4, 0.5) is 5.69 Å². The van der Waals surface area contributed by atoms with Gasteiger partial charge >= 0.3 is 0 Å². The molecule has 0 saturated carbocycles. The number of benzene rings is 1. The van der Waals surface area contributed by atoms with Gasteiger partial charge < -0.3 is 14.8 Å². The van der Waals surface area contributed by atoms with Crippen LogP contribution >= 0.6 is 0 Å². The fraction of sp³-hybridized carbons (Fsp3) is 0.412. The first-order chi connectivity index (χ1) is 10.6. The Balaban J connectivity index is 1.86. The topological polar surface area (TPSA) is 64.6 Å². The van der Waals surface area contributed by atoms with Crippen molar-refractivity contribution in [1.82, 2.24) is 0 Å². The van der Waals surface area contributed by atoms with Crippen LogP contribution in [0.2, 0.25) is 0 Å². The monoisotopic (exact) mass is 301 g/mol. The Morgan fingerprint density at radius 1 is 1.14 bits per heavy atom. The lowest BCUT2D eigenvalue weighted by Crippen LogP contribution is -2.25. The van der Waals surface area contributed by atoms with Gasteiger partial charge in [-0.3, -0.25) is 9.59 Å². The van der Waals surface area contributed by atoms with Crippen LogP contribution in [0, 0.1) is 5.92 Å². The van der Waals surface area contributed by atoms with Crippen LogP contribution < -0.4 is 14.8 Å². The van der Waals surface area contributed by atoms with Gasteiger partial charge in [-0.05, 0) is 32.3 Å². The number of rotatable bonds is 3. The smallest absolute Gasteiger partial charge is 0.227 e. The third-order valence-electron chi connectivity index (χ3n) is 3.96. The summed E-state index contributed by atoms with van der Waals surface area (Å²) in [5.41, 5.74) is 0.945.